The Kier molecular flexibility index (Phi) is 3.65. The first-order valence-electron chi connectivity index (χ1n) is 5.02. The Morgan fingerprint density at radius 2 is 2.00 bits per heavy atom. The van der Waals surface area contributed by atoms with E-state index in [1.807, 2.05) is 0 Å². The van der Waals surface area contributed by atoms with E-state index >= 15 is 0 Å². The molecule has 0 aliphatic rings. The van der Waals surface area contributed by atoms with Crippen LogP contribution in [0.1, 0.15) is 18.9 Å². The van der Waals surface area contributed by atoms with Gasteiger partial charge in [-0.05, 0) is 27.1 Å². The standard InChI is InChI=1S/C12H16FNO2/c1-12(14(2)3,8-11(15)16)9-6-4-5-7-10(9)13/h4-7H,8H2,1-3H3,(H,15,16). The first-order chi connectivity index (χ1) is 7.38. The third kappa shape index (κ3) is 2.39. The summed E-state index contributed by atoms with van der Waals surface area (Å²) in [7, 11) is 3.49. The number of hydrogen-bond acceptors (Lipinski definition) is 2. The number of nitrogens with zero attached hydrogens (tertiary/aromatic N) is 1. The van der Waals surface area contributed by atoms with Gasteiger partial charge in [-0.15, -0.1) is 0 Å². The van der Waals surface area contributed by atoms with Crippen LogP contribution in [0.5, 0.6) is 0 Å². The monoisotopic (exact) mass is 225 g/mol. The van der Waals surface area contributed by atoms with Crippen molar-refractivity contribution in [1.82, 2.24) is 4.90 Å². The Morgan fingerprint density at radius 3 is 2.44 bits per heavy atom. The molecule has 0 spiro atoms. The predicted molar refractivity (Wildman–Crippen MR) is 59.7 cm³/mol. The molecule has 0 fully saturated rings. The van der Waals surface area contributed by atoms with Crippen molar-refractivity contribution in [1.29, 1.82) is 0 Å². The largest absolute Gasteiger partial charge is 0.481 e. The molecule has 0 aromatic heterocycles. The van der Waals surface area contributed by atoms with E-state index in [1.54, 1.807) is 44.1 Å². The van der Waals surface area contributed by atoms with Gasteiger partial charge < -0.3 is 5.11 Å². The summed E-state index contributed by atoms with van der Waals surface area (Å²) < 4.78 is 13.7. The highest BCUT2D eigenvalue weighted by atomic mass is 19.1. The van der Waals surface area contributed by atoms with Crippen molar-refractivity contribution in [3.8, 4) is 0 Å². The molecule has 1 rings (SSSR count). The maximum atomic E-state index is 13.7. The Bertz CT molecular complexity index is 392. The van der Waals surface area contributed by atoms with E-state index in [-0.39, 0.29) is 12.2 Å². The van der Waals surface area contributed by atoms with Gasteiger partial charge in [-0.1, -0.05) is 18.2 Å². The lowest BCUT2D eigenvalue weighted by atomic mass is 9.87. The summed E-state index contributed by atoms with van der Waals surface area (Å²) >= 11 is 0. The molecule has 0 aliphatic carbocycles. The van der Waals surface area contributed by atoms with Crippen LogP contribution in [0.4, 0.5) is 4.39 Å². The van der Waals surface area contributed by atoms with Crippen LogP contribution >= 0.6 is 0 Å². The van der Waals surface area contributed by atoms with Crippen LogP contribution in [-0.4, -0.2) is 30.1 Å². The highest BCUT2D eigenvalue weighted by Gasteiger charge is 2.34. The number of rotatable bonds is 4. The number of benzene rings is 1. The van der Waals surface area contributed by atoms with Gasteiger partial charge in [-0.2, -0.15) is 0 Å². The molecule has 88 valence electrons. The third-order valence-electron chi connectivity index (χ3n) is 2.94. The SMILES string of the molecule is CN(C)C(C)(CC(=O)O)c1ccccc1F. The normalized spacial score (nSPS) is 14.8. The van der Waals surface area contributed by atoms with Gasteiger partial charge in [0.1, 0.15) is 5.82 Å². The van der Waals surface area contributed by atoms with E-state index in [2.05, 4.69) is 0 Å². The van der Waals surface area contributed by atoms with Gasteiger partial charge in [0.2, 0.25) is 0 Å². The topological polar surface area (TPSA) is 40.5 Å². The zero-order chi connectivity index (χ0) is 12.3. The summed E-state index contributed by atoms with van der Waals surface area (Å²) in [5, 5.41) is 8.90. The van der Waals surface area contributed by atoms with Crippen molar-refractivity contribution in [3.05, 3.63) is 35.6 Å². The molecule has 0 heterocycles. The van der Waals surface area contributed by atoms with Gasteiger partial charge in [0.05, 0.1) is 12.0 Å². The molecule has 1 aromatic rings. The number of halogens is 1. The second-order valence-electron chi connectivity index (χ2n) is 4.22. The van der Waals surface area contributed by atoms with Crippen LogP contribution < -0.4 is 0 Å². The minimum Gasteiger partial charge on any atom is -0.481 e. The summed E-state index contributed by atoms with van der Waals surface area (Å²) in [6.07, 6.45) is -0.138. The van der Waals surface area contributed by atoms with Crippen LogP contribution in [-0.2, 0) is 10.3 Å². The molecule has 1 unspecified atom stereocenters. The molecule has 3 nitrogen and oxygen atoms in total. The van der Waals surface area contributed by atoms with E-state index in [1.165, 1.54) is 6.07 Å². The van der Waals surface area contributed by atoms with E-state index < -0.39 is 11.5 Å². The molecule has 0 aliphatic heterocycles. The van der Waals surface area contributed by atoms with Gasteiger partial charge in [-0.3, -0.25) is 9.69 Å². The van der Waals surface area contributed by atoms with Crippen molar-refractivity contribution >= 4 is 5.97 Å². The molecular formula is C12H16FNO2. The van der Waals surface area contributed by atoms with Gasteiger partial charge >= 0.3 is 5.97 Å². The molecule has 0 amide bonds. The number of hydrogen-bond donors (Lipinski definition) is 1. The summed E-state index contributed by atoms with van der Waals surface area (Å²) in [6.45, 7) is 1.72. The van der Waals surface area contributed by atoms with E-state index in [0.717, 1.165) is 0 Å². The van der Waals surface area contributed by atoms with E-state index in [9.17, 15) is 9.18 Å². The zero-order valence-electron chi connectivity index (χ0n) is 9.70. The lowest BCUT2D eigenvalue weighted by Crippen LogP contribution is -2.41. The Hall–Kier alpha value is -1.42. The molecule has 1 atom stereocenters. The summed E-state index contributed by atoms with van der Waals surface area (Å²) in [6, 6.07) is 6.27. The molecule has 16 heavy (non-hydrogen) atoms. The zero-order valence-corrected chi connectivity index (χ0v) is 9.70. The summed E-state index contributed by atoms with van der Waals surface area (Å²) in [5.41, 5.74) is -0.431. The molecular weight excluding hydrogens is 209 g/mol. The fraction of sp³-hybridized carbons (Fsp3) is 0.417. The van der Waals surface area contributed by atoms with Gasteiger partial charge in [0.15, 0.2) is 0 Å². The van der Waals surface area contributed by atoms with Gasteiger partial charge in [0.25, 0.3) is 0 Å². The minimum atomic E-state index is -0.945. The van der Waals surface area contributed by atoms with Crippen molar-refractivity contribution in [2.75, 3.05) is 14.1 Å². The van der Waals surface area contributed by atoms with Crippen LogP contribution in [0.25, 0.3) is 0 Å². The first kappa shape index (κ1) is 12.6. The van der Waals surface area contributed by atoms with Gasteiger partial charge in [0, 0.05) is 5.56 Å². The molecule has 1 aromatic carbocycles. The third-order valence-corrected chi connectivity index (χ3v) is 2.94. The predicted octanol–water partition coefficient (Wildman–Crippen LogP) is 2.08. The van der Waals surface area contributed by atoms with Crippen molar-refractivity contribution < 1.29 is 14.3 Å². The summed E-state index contributed by atoms with van der Waals surface area (Å²) in [4.78, 5) is 12.6. The summed E-state index contributed by atoms with van der Waals surface area (Å²) in [5.74, 6) is -1.32. The average Bonchev–Trinajstić information content (AvgIpc) is 2.16. The first-order valence-corrected chi connectivity index (χ1v) is 5.02. The average molecular weight is 225 g/mol. The number of aliphatic carboxylic acids is 1. The Balaban J connectivity index is 3.21. The van der Waals surface area contributed by atoms with Crippen molar-refractivity contribution in [3.63, 3.8) is 0 Å². The molecule has 4 heteroatoms. The number of carbonyl (C=O) groups is 1. The lowest BCUT2D eigenvalue weighted by molar-refractivity contribution is -0.140. The van der Waals surface area contributed by atoms with E-state index in [0.29, 0.717) is 5.56 Å². The van der Waals surface area contributed by atoms with Crippen LogP contribution in [0, 0.1) is 5.82 Å². The molecule has 0 saturated heterocycles. The van der Waals surface area contributed by atoms with Crippen LogP contribution in [0.3, 0.4) is 0 Å². The maximum absolute atomic E-state index is 13.7. The molecule has 0 bridgehead atoms. The van der Waals surface area contributed by atoms with E-state index in [4.69, 9.17) is 5.11 Å². The van der Waals surface area contributed by atoms with Crippen molar-refractivity contribution in [2.24, 2.45) is 0 Å². The Morgan fingerprint density at radius 1 is 1.44 bits per heavy atom. The minimum absolute atomic E-state index is 0.138. The highest BCUT2D eigenvalue weighted by molar-refractivity contribution is 5.68. The smallest absolute Gasteiger partial charge is 0.305 e. The molecule has 0 radical (unpaired) electrons. The quantitative estimate of drug-likeness (QED) is 0.852. The fourth-order valence-corrected chi connectivity index (χ4v) is 1.69. The van der Waals surface area contributed by atoms with Crippen molar-refractivity contribution in [2.45, 2.75) is 18.9 Å². The van der Waals surface area contributed by atoms with Gasteiger partial charge in [-0.25, -0.2) is 4.39 Å². The number of carboxylic acids is 1. The lowest BCUT2D eigenvalue weighted by Gasteiger charge is -2.35. The number of carboxylic acid groups (broad SMARTS) is 1. The maximum Gasteiger partial charge on any atom is 0.305 e. The second kappa shape index (κ2) is 4.61. The van der Waals surface area contributed by atoms with Crippen LogP contribution in [0.2, 0.25) is 0 Å². The fourth-order valence-electron chi connectivity index (χ4n) is 1.69. The molecule has 1 N–H and O–H groups in total. The molecule has 0 saturated carbocycles. The Labute approximate surface area is 94.5 Å². The highest BCUT2D eigenvalue weighted by Crippen LogP contribution is 2.31. The second-order valence-corrected chi connectivity index (χ2v) is 4.22. The van der Waals surface area contributed by atoms with Crippen LogP contribution in [0.15, 0.2) is 24.3 Å².